The van der Waals surface area contributed by atoms with E-state index in [1.54, 1.807) is 0 Å². The molecule has 0 aliphatic carbocycles. The Bertz CT molecular complexity index is 4520. The van der Waals surface area contributed by atoms with E-state index >= 15 is 0 Å². The van der Waals surface area contributed by atoms with Crippen LogP contribution in [0.25, 0.3) is 119 Å². The van der Waals surface area contributed by atoms with Gasteiger partial charge in [-0.05, 0) is 101 Å². The van der Waals surface area contributed by atoms with Gasteiger partial charge >= 0.3 is 0 Å². The quantitative estimate of drug-likeness (QED) is 0.174. The monoisotopic (exact) mass is 886 g/mol. The number of fused-ring (bicyclic) bond motifs is 15. The summed E-state index contributed by atoms with van der Waals surface area (Å²) in [5.41, 5.74) is 10.0. The number of nitrogens with zero attached hydrogens (tertiary/aromatic N) is 4. The lowest BCUT2D eigenvalue weighted by atomic mass is 10.0. The normalized spacial score (nSPS) is 16.0. The van der Waals surface area contributed by atoms with Crippen molar-refractivity contribution in [3.05, 3.63) is 217 Å². The molecule has 5 heterocycles. The second kappa shape index (κ2) is 14.5. The summed E-state index contributed by atoms with van der Waals surface area (Å²) in [5, 5.41) is 14.4. The fourth-order valence-electron chi connectivity index (χ4n) is 11.2. The molecule has 0 spiro atoms. The number of aliphatic imine (C=N–C) groups is 2. The van der Waals surface area contributed by atoms with Crippen LogP contribution in [-0.4, -0.2) is 20.8 Å². The Labute approximate surface area is 393 Å². The second-order valence-electron chi connectivity index (χ2n) is 17.9. The summed E-state index contributed by atoms with van der Waals surface area (Å²) in [6, 6.07) is 72.4. The average molecular weight is 887 g/mol. The van der Waals surface area contributed by atoms with Crippen molar-refractivity contribution in [1.82, 2.24) is 9.13 Å². The molecule has 68 heavy (non-hydrogen) atoms. The first-order valence-electron chi connectivity index (χ1n) is 23.3. The molecule has 0 amide bonds. The van der Waals surface area contributed by atoms with Gasteiger partial charge in [-0.1, -0.05) is 133 Å². The number of amidine groups is 1. The highest BCUT2D eigenvalue weighted by Gasteiger charge is 2.25. The van der Waals surface area contributed by atoms with Crippen molar-refractivity contribution in [2.24, 2.45) is 9.98 Å². The Kier molecular flexibility index (Phi) is 8.00. The van der Waals surface area contributed by atoms with E-state index in [9.17, 15) is 0 Å². The highest BCUT2D eigenvalue weighted by atomic mass is 32.1. The van der Waals surface area contributed by atoms with Crippen molar-refractivity contribution >= 4 is 136 Å². The van der Waals surface area contributed by atoms with Gasteiger partial charge in [-0.2, -0.15) is 0 Å². The molecule has 0 unspecified atom stereocenters. The van der Waals surface area contributed by atoms with E-state index in [-0.39, 0.29) is 0 Å². The Morgan fingerprint density at radius 3 is 1.94 bits per heavy atom. The summed E-state index contributed by atoms with van der Waals surface area (Å²) >= 11 is 1.82. The van der Waals surface area contributed by atoms with Crippen molar-refractivity contribution in [2.75, 3.05) is 0 Å². The molecule has 4 aromatic heterocycles. The van der Waals surface area contributed by atoms with Gasteiger partial charge in [0.05, 0.1) is 38.8 Å². The molecule has 0 N–H and O–H groups in total. The van der Waals surface area contributed by atoms with E-state index in [4.69, 9.17) is 14.4 Å². The van der Waals surface area contributed by atoms with Gasteiger partial charge in [-0.3, -0.25) is 4.57 Å². The number of rotatable bonds is 3. The molecule has 1 aliphatic heterocycles. The fourth-order valence-corrected chi connectivity index (χ4v) is 12.2. The summed E-state index contributed by atoms with van der Waals surface area (Å²) in [5.74, 6) is 1.63. The second-order valence-corrected chi connectivity index (χ2v) is 19.0. The Balaban J connectivity index is 0.994. The lowest BCUT2D eigenvalue weighted by molar-refractivity contribution is 0.667. The van der Waals surface area contributed by atoms with Crippen LogP contribution in [-0.2, 0) is 0 Å². The van der Waals surface area contributed by atoms with Crippen LogP contribution in [0.1, 0.15) is 24.0 Å². The fraction of sp³-hybridized carbons (Fsp3) is 0.0323. The van der Waals surface area contributed by atoms with Crippen LogP contribution in [0.4, 0.5) is 0 Å². The predicted octanol–water partition coefficient (Wildman–Crippen LogP) is 17.0. The predicted molar refractivity (Wildman–Crippen MR) is 288 cm³/mol. The summed E-state index contributed by atoms with van der Waals surface area (Å²) in [6.45, 7) is 0. The zero-order valence-electron chi connectivity index (χ0n) is 36.6. The molecule has 1 aliphatic rings. The molecule has 5 nitrogen and oxygen atoms in total. The Morgan fingerprint density at radius 1 is 0.441 bits per heavy atom. The van der Waals surface area contributed by atoms with E-state index in [1.165, 1.54) is 63.3 Å². The van der Waals surface area contributed by atoms with Crippen molar-refractivity contribution in [3.8, 4) is 5.69 Å². The molecular weight excluding hydrogens is 849 g/mol. The number of aromatic nitrogens is 2. The third kappa shape index (κ3) is 5.49. The zero-order valence-corrected chi connectivity index (χ0v) is 37.5. The van der Waals surface area contributed by atoms with Gasteiger partial charge < -0.3 is 8.98 Å². The van der Waals surface area contributed by atoms with E-state index in [0.29, 0.717) is 12.3 Å². The lowest BCUT2D eigenvalue weighted by Gasteiger charge is -2.16. The van der Waals surface area contributed by atoms with Crippen LogP contribution in [0.15, 0.2) is 221 Å². The first kappa shape index (κ1) is 37.6. The lowest BCUT2D eigenvalue weighted by Crippen LogP contribution is -2.16. The molecule has 0 bridgehead atoms. The van der Waals surface area contributed by atoms with Crippen LogP contribution < -0.4 is 0 Å². The molecule has 10 aromatic carbocycles. The maximum atomic E-state index is 7.06. The van der Waals surface area contributed by atoms with E-state index in [1.807, 2.05) is 11.3 Å². The number of allylic oxidation sites excluding steroid dienone is 1. The van der Waals surface area contributed by atoms with Gasteiger partial charge in [-0.25, -0.2) is 9.98 Å². The highest BCUT2D eigenvalue weighted by Crippen LogP contribution is 2.45. The van der Waals surface area contributed by atoms with E-state index in [0.717, 1.165) is 78.8 Å². The molecule has 0 atom stereocenters. The summed E-state index contributed by atoms with van der Waals surface area (Å²) in [6.07, 6.45) is 3.73. The Morgan fingerprint density at radius 2 is 1.12 bits per heavy atom. The number of hydrogen-bond acceptors (Lipinski definition) is 4. The van der Waals surface area contributed by atoms with Gasteiger partial charge in [0.1, 0.15) is 17.0 Å². The minimum Gasteiger partial charge on any atom is -0.455 e. The molecule has 6 heteroatoms. The molecular formula is C62H38N4OS. The molecule has 15 rings (SSSR count). The third-order valence-electron chi connectivity index (χ3n) is 14.2. The van der Waals surface area contributed by atoms with Crippen LogP contribution in [0.2, 0.25) is 0 Å². The van der Waals surface area contributed by atoms with E-state index < -0.39 is 0 Å². The minimum absolute atomic E-state index is 0.666. The molecule has 318 valence electrons. The first-order chi connectivity index (χ1) is 33.7. The van der Waals surface area contributed by atoms with Gasteiger partial charge in [0.25, 0.3) is 0 Å². The van der Waals surface area contributed by atoms with Crippen molar-refractivity contribution in [2.45, 2.75) is 12.8 Å². The maximum absolute atomic E-state index is 7.06. The maximum Gasteiger partial charge on any atom is 0.161 e. The number of benzene rings is 10. The molecule has 0 saturated carbocycles. The van der Waals surface area contributed by atoms with Gasteiger partial charge in [0, 0.05) is 64.7 Å². The Hall–Kier alpha value is -8.58. The minimum atomic E-state index is 0.666. The standard InChI is InChI=1S/C62H38N4OS/c1-2-16-39-36-54-48(34-38(39)15-1)59-41-17-4-3-14-37(41)28-31-52(59)65(54)53-32-30-45(61-60(53)46-21-7-11-25-55(46)67-61)49-22-13-27-58(66-50-23-9-5-18-42(50)43-19-6-10-24-51(43)66)64-62(63-49)40-29-33-57-47(35-40)44-20-8-12-26-56(44)68-57/h1-12,14-26,28-36H,13,27H2/b49-22-,63-62-,64-58+. The van der Waals surface area contributed by atoms with Crippen LogP contribution in [0.5, 0.6) is 0 Å². The topological polar surface area (TPSA) is 47.7 Å². The SMILES string of the molecule is C1=C(c2ccc(-n3c4cc5ccccc5cc4c4c5ccccc5ccc43)c3c2oc2ccccc23)/N=C(c2ccc3sc4ccccc4c3c2)\N=C(\n2c3ccccc3c3ccccc32)CC\1. The number of furan rings is 1. The number of thiophene rings is 1. The number of para-hydroxylation sites is 3. The molecule has 0 radical (unpaired) electrons. The molecule has 0 saturated heterocycles. The average Bonchev–Trinajstić information content (AvgIpc) is 4.14. The third-order valence-corrected chi connectivity index (χ3v) is 15.3. The molecule has 0 fully saturated rings. The summed E-state index contributed by atoms with van der Waals surface area (Å²) < 4.78 is 14.4. The van der Waals surface area contributed by atoms with Gasteiger partial charge in [0.15, 0.2) is 5.84 Å². The summed E-state index contributed by atoms with van der Waals surface area (Å²) in [4.78, 5) is 11.3. The van der Waals surface area contributed by atoms with Crippen molar-refractivity contribution in [1.29, 1.82) is 0 Å². The van der Waals surface area contributed by atoms with E-state index in [2.05, 4.69) is 215 Å². The van der Waals surface area contributed by atoms with Crippen LogP contribution in [0.3, 0.4) is 0 Å². The largest absolute Gasteiger partial charge is 0.455 e. The number of hydrogen-bond donors (Lipinski definition) is 0. The summed E-state index contributed by atoms with van der Waals surface area (Å²) in [7, 11) is 0. The van der Waals surface area contributed by atoms with Crippen molar-refractivity contribution < 1.29 is 4.42 Å². The van der Waals surface area contributed by atoms with Gasteiger partial charge in [0.2, 0.25) is 0 Å². The van der Waals surface area contributed by atoms with Gasteiger partial charge in [-0.15, -0.1) is 11.3 Å². The first-order valence-corrected chi connectivity index (χ1v) is 24.1. The molecule has 14 aromatic rings. The van der Waals surface area contributed by atoms with Crippen LogP contribution >= 0.6 is 11.3 Å². The van der Waals surface area contributed by atoms with Crippen molar-refractivity contribution in [3.63, 3.8) is 0 Å². The van der Waals surface area contributed by atoms with Crippen LogP contribution in [0, 0.1) is 0 Å². The highest BCUT2D eigenvalue weighted by molar-refractivity contribution is 7.25. The smallest absolute Gasteiger partial charge is 0.161 e. The zero-order chi connectivity index (χ0) is 44.5.